The summed E-state index contributed by atoms with van der Waals surface area (Å²) in [6.07, 6.45) is 2.10. The van der Waals surface area contributed by atoms with E-state index in [0.29, 0.717) is 6.04 Å². The Morgan fingerprint density at radius 1 is 1.29 bits per heavy atom. The molecule has 0 aliphatic heterocycles. The molecule has 0 saturated carbocycles. The van der Waals surface area contributed by atoms with Crippen molar-refractivity contribution >= 4 is 11.6 Å². The average molecular weight is 306 g/mol. The largest absolute Gasteiger partial charge is 0.310 e. The molecule has 4 heteroatoms. The van der Waals surface area contributed by atoms with Crippen LogP contribution in [0.1, 0.15) is 51.0 Å². The van der Waals surface area contributed by atoms with Crippen molar-refractivity contribution in [2.75, 3.05) is 6.54 Å². The van der Waals surface area contributed by atoms with Crippen LogP contribution in [0.3, 0.4) is 0 Å². The highest BCUT2D eigenvalue weighted by molar-refractivity contribution is 6.31. The first-order valence-corrected chi connectivity index (χ1v) is 7.90. The number of aromatic nitrogens is 2. The minimum absolute atomic E-state index is 0.260. The van der Waals surface area contributed by atoms with E-state index in [9.17, 15) is 0 Å². The van der Waals surface area contributed by atoms with Gasteiger partial charge in [0.25, 0.3) is 0 Å². The third-order valence-electron chi connectivity index (χ3n) is 3.73. The third-order valence-corrected chi connectivity index (χ3v) is 4.06. The van der Waals surface area contributed by atoms with Gasteiger partial charge in [0.1, 0.15) is 0 Å². The molecule has 3 nitrogen and oxygen atoms in total. The second-order valence-electron chi connectivity index (χ2n) is 5.72. The fraction of sp³-hybridized carbons (Fsp3) is 0.471. The molecule has 0 fully saturated rings. The summed E-state index contributed by atoms with van der Waals surface area (Å²) in [7, 11) is 0. The van der Waals surface area contributed by atoms with E-state index in [1.165, 1.54) is 0 Å². The van der Waals surface area contributed by atoms with Gasteiger partial charge in [0, 0.05) is 28.9 Å². The van der Waals surface area contributed by atoms with Crippen molar-refractivity contribution in [3.63, 3.8) is 0 Å². The topological polar surface area (TPSA) is 29.9 Å². The lowest BCUT2D eigenvalue weighted by Gasteiger charge is -2.15. The molecule has 1 aromatic carbocycles. The fourth-order valence-electron chi connectivity index (χ4n) is 2.49. The molecule has 0 bridgehead atoms. The van der Waals surface area contributed by atoms with Crippen molar-refractivity contribution in [2.45, 2.75) is 46.7 Å². The summed E-state index contributed by atoms with van der Waals surface area (Å²) in [5.74, 6) is 0. The molecule has 0 saturated heterocycles. The lowest BCUT2D eigenvalue weighted by atomic mass is 10.0. The maximum Gasteiger partial charge on any atom is 0.0672 e. The van der Waals surface area contributed by atoms with E-state index in [-0.39, 0.29) is 6.04 Å². The highest BCUT2D eigenvalue weighted by Crippen LogP contribution is 2.30. The van der Waals surface area contributed by atoms with E-state index in [4.69, 9.17) is 11.6 Å². The fourth-order valence-corrected chi connectivity index (χ4v) is 2.84. The molecule has 0 aliphatic rings. The molecule has 1 aromatic heterocycles. The van der Waals surface area contributed by atoms with Crippen molar-refractivity contribution in [3.8, 4) is 11.1 Å². The Hall–Kier alpha value is -1.32. The zero-order valence-corrected chi connectivity index (χ0v) is 14.2. The quantitative estimate of drug-likeness (QED) is 0.863. The molecule has 1 N–H and O–H groups in total. The Kier molecular flexibility index (Phi) is 5.07. The molecular formula is C17H24ClN3. The second kappa shape index (κ2) is 6.63. The van der Waals surface area contributed by atoms with E-state index in [2.05, 4.69) is 56.4 Å². The molecule has 2 rings (SSSR count). The molecule has 114 valence electrons. The van der Waals surface area contributed by atoms with Crippen LogP contribution in [-0.2, 0) is 0 Å². The Bertz CT molecular complexity index is 616. The summed E-state index contributed by atoms with van der Waals surface area (Å²) >= 11 is 6.46. The van der Waals surface area contributed by atoms with Gasteiger partial charge in [-0.05, 0) is 51.4 Å². The van der Waals surface area contributed by atoms with Gasteiger partial charge >= 0.3 is 0 Å². The smallest absolute Gasteiger partial charge is 0.0672 e. The lowest BCUT2D eigenvalue weighted by molar-refractivity contribution is 0.529. The highest BCUT2D eigenvalue weighted by atomic mass is 35.5. The van der Waals surface area contributed by atoms with Crippen LogP contribution in [0.2, 0.25) is 5.02 Å². The lowest BCUT2D eigenvalue weighted by Crippen LogP contribution is -2.17. The number of hydrogen-bond acceptors (Lipinski definition) is 2. The van der Waals surface area contributed by atoms with E-state index < -0.39 is 0 Å². The maximum absolute atomic E-state index is 6.46. The summed E-state index contributed by atoms with van der Waals surface area (Å²) in [5.41, 5.74) is 4.44. The van der Waals surface area contributed by atoms with Crippen LogP contribution in [0.15, 0.2) is 24.4 Å². The number of aryl methyl sites for hydroxylation is 1. The van der Waals surface area contributed by atoms with Crippen molar-refractivity contribution in [1.29, 1.82) is 0 Å². The van der Waals surface area contributed by atoms with Crippen LogP contribution in [0, 0.1) is 6.92 Å². The average Bonchev–Trinajstić information content (AvgIpc) is 2.81. The minimum atomic E-state index is 0.260. The molecule has 0 spiro atoms. The summed E-state index contributed by atoms with van der Waals surface area (Å²) in [6, 6.07) is 6.90. The molecule has 1 atom stereocenters. The number of halogens is 1. The van der Waals surface area contributed by atoms with Gasteiger partial charge in [0.15, 0.2) is 0 Å². The highest BCUT2D eigenvalue weighted by Gasteiger charge is 2.13. The Balaban J connectivity index is 2.36. The second-order valence-corrected chi connectivity index (χ2v) is 6.12. The van der Waals surface area contributed by atoms with E-state index in [0.717, 1.165) is 34.0 Å². The van der Waals surface area contributed by atoms with Crippen LogP contribution in [0.4, 0.5) is 0 Å². The van der Waals surface area contributed by atoms with Gasteiger partial charge in [-0.15, -0.1) is 0 Å². The number of benzene rings is 1. The maximum atomic E-state index is 6.46. The van der Waals surface area contributed by atoms with Gasteiger partial charge in [-0.25, -0.2) is 0 Å². The minimum Gasteiger partial charge on any atom is -0.310 e. The molecule has 0 radical (unpaired) electrons. The Morgan fingerprint density at radius 2 is 2.00 bits per heavy atom. The number of hydrogen-bond donors (Lipinski definition) is 1. The van der Waals surface area contributed by atoms with Gasteiger partial charge in [0.05, 0.1) is 5.69 Å². The molecule has 1 heterocycles. The first-order chi connectivity index (χ1) is 9.93. The SMILES string of the molecule is CCNC(C)c1ccc(-c2cn(C(C)C)nc2C)cc1Cl. The molecule has 2 aromatic rings. The van der Waals surface area contributed by atoms with Crippen LogP contribution in [0.25, 0.3) is 11.1 Å². The van der Waals surface area contributed by atoms with E-state index >= 15 is 0 Å². The Labute approximate surface area is 132 Å². The van der Waals surface area contributed by atoms with E-state index in [1.54, 1.807) is 0 Å². The normalized spacial score (nSPS) is 12.9. The van der Waals surface area contributed by atoms with Crippen LogP contribution in [-0.4, -0.2) is 16.3 Å². The van der Waals surface area contributed by atoms with Gasteiger partial charge < -0.3 is 5.32 Å². The molecule has 0 amide bonds. The van der Waals surface area contributed by atoms with Gasteiger partial charge in [-0.1, -0.05) is 30.7 Å². The number of nitrogens with one attached hydrogen (secondary N) is 1. The Morgan fingerprint density at radius 3 is 2.52 bits per heavy atom. The van der Waals surface area contributed by atoms with Crippen molar-refractivity contribution in [1.82, 2.24) is 15.1 Å². The summed E-state index contributed by atoms with van der Waals surface area (Å²) < 4.78 is 1.99. The zero-order valence-electron chi connectivity index (χ0n) is 13.4. The predicted molar refractivity (Wildman–Crippen MR) is 89.9 cm³/mol. The number of rotatable bonds is 5. The van der Waals surface area contributed by atoms with Crippen molar-refractivity contribution in [2.24, 2.45) is 0 Å². The summed E-state index contributed by atoms with van der Waals surface area (Å²) in [4.78, 5) is 0. The molecular weight excluding hydrogens is 282 g/mol. The predicted octanol–water partition coefficient (Wildman–Crippen LogP) is 4.76. The molecule has 21 heavy (non-hydrogen) atoms. The third kappa shape index (κ3) is 3.47. The first kappa shape index (κ1) is 16.1. The monoisotopic (exact) mass is 305 g/mol. The van der Waals surface area contributed by atoms with Crippen molar-refractivity contribution < 1.29 is 0 Å². The first-order valence-electron chi connectivity index (χ1n) is 7.53. The van der Waals surface area contributed by atoms with Gasteiger partial charge in [-0.2, -0.15) is 5.10 Å². The van der Waals surface area contributed by atoms with Crippen LogP contribution >= 0.6 is 11.6 Å². The summed E-state index contributed by atoms with van der Waals surface area (Å²) in [5, 5.41) is 8.76. The summed E-state index contributed by atoms with van der Waals surface area (Å²) in [6.45, 7) is 11.5. The molecule has 0 aliphatic carbocycles. The van der Waals surface area contributed by atoms with Crippen molar-refractivity contribution in [3.05, 3.63) is 40.7 Å². The van der Waals surface area contributed by atoms with Gasteiger partial charge in [-0.3, -0.25) is 4.68 Å². The van der Waals surface area contributed by atoms with Crippen LogP contribution in [0.5, 0.6) is 0 Å². The molecule has 1 unspecified atom stereocenters. The standard InChI is InChI=1S/C17H24ClN3/c1-6-19-12(4)15-8-7-14(9-17(15)18)16-10-21(11(2)3)20-13(16)5/h7-12,19H,6H2,1-5H3. The van der Waals surface area contributed by atoms with E-state index in [1.807, 2.05) is 17.7 Å². The number of nitrogens with zero attached hydrogens (tertiary/aromatic N) is 2. The van der Waals surface area contributed by atoms with Crippen LogP contribution < -0.4 is 5.32 Å². The van der Waals surface area contributed by atoms with Gasteiger partial charge in [0.2, 0.25) is 0 Å². The zero-order chi connectivity index (χ0) is 15.6.